The SMILES string of the molecule is O=C(O)c1cn(CC2CCCO2)c(=O)n(-c2ccc(F)cc2)c1=O. The lowest BCUT2D eigenvalue weighted by molar-refractivity contribution is 0.0690. The smallest absolute Gasteiger partial charge is 0.342 e. The number of benzene rings is 1. The second-order valence-electron chi connectivity index (χ2n) is 5.53. The zero-order valence-corrected chi connectivity index (χ0v) is 12.6. The minimum Gasteiger partial charge on any atom is -0.477 e. The van der Waals surface area contributed by atoms with Crippen molar-refractivity contribution in [1.82, 2.24) is 9.13 Å². The van der Waals surface area contributed by atoms with Crippen LogP contribution < -0.4 is 11.2 Å². The number of ether oxygens (including phenoxy) is 1. The summed E-state index contributed by atoms with van der Waals surface area (Å²) < 4.78 is 20.4. The van der Waals surface area contributed by atoms with E-state index in [1.54, 1.807) is 0 Å². The number of aromatic carboxylic acids is 1. The lowest BCUT2D eigenvalue weighted by Crippen LogP contribution is -2.42. The van der Waals surface area contributed by atoms with Crippen molar-refractivity contribution in [1.29, 1.82) is 0 Å². The maximum Gasteiger partial charge on any atom is 0.342 e. The molecule has 8 heteroatoms. The molecule has 0 aliphatic carbocycles. The van der Waals surface area contributed by atoms with Gasteiger partial charge in [-0.15, -0.1) is 0 Å². The molecule has 0 amide bonds. The maximum absolute atomic E-state index is 13.1. The van der Waals surface area contributed by atoms with Crippen LogP contribution in [0.5, 0.6) is 0 Å². The lowest BCUT2D eigenvalue weighted by atomic mass is 10.2. The zero-order chi connectivity index (χ0) is 17.3. The number of carboxylic acids is 1. The molecule has 126 valence electrons. The van der Waals surface area contributed by atoms with Crippen LogP contribution in [0.4, 0.5) is 4.39 Å². The first kappa shape index (κ1) is 16.1. The second kappa shape index (κ2) is 6.40. The molecule has 24 heavy (non-hydrogen) atoms. The summed E-state index contributed by atoms with van der Waals surface area (Å²) in [7, 11) is 0. The number of halogens is 1. The number of carbonyl (C=O) groups is 1. The van der Waals surface area contributed by atoms with E-state index in [9.17, 15) is 23.9 Å². The van der Waals surface area contributed by atoms with Gasteiger partial charge < -0.3 is 9.84 Å². The Balaban J connectivity index is 2.17. The van der Waals surface area contributed by atoms with E-state index < -0.39 is 28.6 Å². The van der Waals surface area contributed by atoms with Gasteiger partial charge in [-0.05, 0) is 37.1 Å². The number of hydrogen-bond acceptors (Lipinski definition) is 4. The van der Waals surface area contributed by atoms with Crippen LogP contribution in [-0.4, -0.2) is 32.9 Å². The first-order chi connectivity index (χ1) is 11.5. The highest BCUT2D eigenvalue weighted by atomic mass is 19.1. The lowest BCUT2D eigenvalue weighted by Gasteiger charge is -2.15. The quantitative estimate of drug-likeness (QED) is 0.901. The first-order valence-electron chi connectivity index (χ1n) is 7.44. The standard InChI is InChI=1S/C16H15FN2O5/c17-10-3-5-11(6-4-10)19-14(20)13(15(21)22)9-18(16(19)23)8-12-2-1-7-24-12/h3-6,9,12H,1-2,7-8H2,(H,21,22). The molecule has 0 saturated carbocycles. The van der Waals surface area contributed by atoms with Gasteiger partial charge in [0.15, 0.2) is 0 Å². The molecule has 1 aliphatic rings. The summed E-state index contributed by atoms with van der Waals surface area (Å²) in [4.78, 5) is 36.3. The van der Waals surface area contributed by atoms with Gasteiger partial charge in [-0.1, -0.05) is 0 Å². The number of rotatable bonds is 4. The average Bonchev–Trinajstić information content (AvgIpc) is 3.04. The molecule has 1 unspecified atom stereocenters. The van der Waals surface area contributed by atoms with Crippen molar-refractivity contribution in [2.45, 2.75) is 25.5 Å². The molecule has 7 nitrogen and oxygen atoms in total. The van der Waals surface area contributed by atoms with Crippen molar-refractivity contribution in [2.75, 3.05) is 6.61 Å². The van der Waals surface area contributed by atoms with E-state index >= 15 is 0 Å². The summed E-state index contributed by atoms with van der Waals surface area (Å²) in [5.74, 6) is -1.96. The molecule has 1 saturated heterocycles. The second-order valence-corrected chi connectivity index (χ2v) is 5.53. The van der Waals surface area contributed by atoms with E-state index in [0.29, 0.717) is 6.61 Å². The molecule has 0 radical (unpaired) electrons. The van der Waals surface area contributed by atoms with Crippen LogP contribution >= 0.6 is 0 Å². The molecule has 1 fully saturated rings. The van der Waals surface area contributed by atoms with E-state index in [4.69, 9.17) is 4.74 Å². The number of hydrogen-bond donors (Lipinski definition) is 1. The fourth-order valence-corrected chi connectivity index (χ4v) is 2.71. The van der Waals surface area contributed by atoms with Crippen LogP contribution in [-0.2, 0) is 11.3 Å². The van der Waals surface area contributed by atoms with Crippen LogP contribution in [0.3, 0.4) is 0 Å². The maximum atomic E-state index is 13.1. The minimum absolute atomic E-state index is 0.107. The zero-order valence-electron chi connectivity index (χ0n) is 12.6. The highest BCUT2D eigenvalue weighted by Crippen LogP contribution is 2.13. The van der Waals surface area contributed by atoms with E-state index in [0.717, 1.165) is 40.3 Å². The number of carboxylic acid groups (broad SMARTS) is 1. The topological polar surface area (TPSA) is 90.5 Å². The Bertz CT molecular complexity index is 879. The summed E-state index contributed by atoms with van der Waals surface area (Å²) in [6.45, 7) is 0.739. The van der Waals surface area contributed by atoms with Gasteiger partial charge in [0.05, 0.1) is 18.3 Å². The van der Waals surface area contributed by atoms with Crippen LogP contribution in [0.2, 0.25) is 0 Å². The molecule has 1 aliphatic heterocycles. The van der Waals surface area contributed by atoms with Gasteiger partial charge in [-0.3, -0.25) is 9.36 Å². The summed E-state index contributed by atoms with van der Waals surface area (Å²) in [5.41, 5.74) is -2.07. The Kier molecular flexibility index (Phi) is 4.30. The first-order valence-corrected chi connectivity index (χ1v) is 7.44. The highest BCUT2D eigenvalue weighted by Gasteiger charge is 2.21. The molecular formula is C16H15FN2O5. The van der Waals surface area contributed by atoms with Crippen molar-refractivity contribution in [3.63, 3.8) is 0 Å². The van der Waals surface area contributed by atoms with Gasteiger partial charge >= 0.3 is 11.7 Å². The molecule has 0 spiro atoms. The Morgan fingerprint density at radius 3 is 2.58 bits per heavy atom. The molecule has 3 rings (SSSR count). The van der Waals surface area contributed by atoms with Crippen LogP contribution in [0.25, 0.3) is 5.69 Å². The predicted octanol–water partition coefficient (Wildman–Crippen LogP) is 1.02. The van der Waals surface area contributed by atoms with E-state index in [2.05, 4.69) is 0 Å². The molecule has 1 aromatic heterocycles. The monoisotopic (exact) mass is 334 g/mol. The van der Waals surface area contributed by atoms with Crippen LogP contribution in [0.1, 0.15) is 23.2 Å². The molecular weight excluding hydrogens is 319 g/mol. The molecule has 2 heterocycles. The third kappa shape index (κ3) is 3.00. The van der Waals surface area contributed by atoms with Crippen molar-refractivity contribution in [3.05, 3.63) is 62.7 Å². The Morgan fingerprint density at radius 1 is 1.29 bits per heavy atom. The van der Waals surface area contributed by atoms with Gasteiger partial charge in [0.25, 0.3) is 5.56 Å². The Morgan fingerprint density at radius 2 is 2.00 bits per heavy atom. The van der Waals surface area contributed by atoms with Gasteiger partial charge in [0.1, 0.15) is 11.4 Å². The molecule has 2 aromatic rings. The van der Waals surface area contributed by atoms with Gasteiger partial charge in [-0.25, -0.2) is 18.5 Å². The average molecular weight is 334 g/mol. The molecule has 1 atom stereocenters. The summed E-state index contributed by atoms with van der Waals surface area (Å²) >= 11 is 0. The predicted molar refractivity (Wildman–Crippen MR) is 82.2 cm³/mol. The van der Waals surface area contributed by atoms with E-state index in [-0.39, 0.29) is 18.3 Å². The largest absolute Gasteiger partial charge is 0.477 e. The van der Waals surface area contributed by atoms with Crippen molar-refractivity contribution >= 4 is 5.97 Å². The molecule has 1 N–H and O–H groups in total. The van der Waals surface area contributed by atoms with Gasteiger partial charge in [-0.2, -0.15) is 0 Å². The highest BCUT2D eigenvalue weighted by molar-refractivity contribution is 5.86. The van der Waals surface area contributed by atoms with E-state index in [1.807, 2.05) is 0 Å². The van der Waals surface area contributed by atoms with Crippen molar-refractivity contribution in [2.24, 2.45) is 0 Å². The van der Waals surface area contributed by atoms with Gasteiger partial charge in [0, 0.05) is 12.8 Å². The Hall–Kier alpha value is -2.74. The van der Waals surface area contributed by atoms with Gasteiger partial charge in [0.2, 0.25) is 0 Å². The van der Waals surface area contributed by atoms with Crippen molar-refractivity contribution in [3.8, 4) is 5.69 Å². The minimum atomic E-state index is -1.43. The third-order valence-electron chi connectivity index (χ3n) is 3.89. The normalized spacial score (nSPS) is 17.1. The Labute approximate surface area is 135 Å². The van der Waals surface area contributed by atoms with Crippen LogP contribution in [0, 0.1) is 5.82 Å². The summed E-state index contributed by atoms with van der Waals surface area (Å²) in [6, 6.07) is 4.69. The number of nitrogens with zero attached hydrogens (tertiary/aromatic N) is 2. The summed E-state index contributed by atoms with van der Waals surface area (Å²) in [6.07, 6.45) is 2.45. The van der Waals surface area contributed by atoms with Crippen molar-refractivity contribution < 1.29 is 19.0 Å². The third-order valence-corrected chi connectivity index (χ3v) is 3.89. The fraction of sp³-hybridized carbons (Fsp3) is 0.312. The summed E-state index contributed by atoms with van der Waals surface area (Å²) in [5, 5.41) is 9.24. The molecule has 0 bridgehead atoms. The fourth-order valence-electron chi connectivity index (χ4n) is 2.71. The number of aromatic nitrogens is 2. The van der Waals surface area contributed by atoms with E-state index in [1.165, 1.54) is 12.1 Å². The van der Waals surface area contributed by atoms with Crippen LogP contribution in [0.15, 0.2) is 40.1 Å². The molecule has 1 aromatic carbocycles.